The molecule has 0 saturated heterocycles. The van der Waals surface area contributed by atoms with Gasteiger partial charge < -0.3 is 37.0 Å². The zero-order valence-corrected chi connectivity index (χ0v) is 16.8. The van der Waals surface area contributed by atoms with E-state index in [1.54, 1.807) is 6.92 Å². The van der Waals surface area contributed by atoms with E-state index in [2.05, 4.69) is 0 Å². The number of aliphatic hydroxyl groups is 4. The number of fused-ring (bicyclic) bond motifs is 3. The molecule has 0 aromatic heterocycles. The van der Waals surface area contributed by atoms with Gasteiger partial charge in [0.25, 0.3) is 5.91 Å². The van der Waals surface area contributed by atoms with Crippen LogP contribution in [0.2, 0.25) is 5.02 Å². The van der Waals surface area contributed by atoms with Crippen molar-refractivity contribution in [2.75, 3.05) is 5.73 Å². The van der Waals surface area contributed by atoms with Gasteiger partial charge in [0.1, 0.15) is 22.8 Å². The normalized spacial score (nSPS) is 32.5. The summed E-state index contributed by atoms with van der Waals surface area (Å²) in [4.78, 5) is 37.4. The number of hydrogen-bond acceptors (Lipinski definition) is 9. The minimum atomic E-state index is -2.87. The lowest BCUT2D eigenvalue weighted by molar-refractivity contribution is -0.160. The number of primary amides is 1. The van der Waals surface area contributed by atoms with Crippen LogP contribution in [-0.2, 0) is 14.4 Å². The van der Waals surface area contributed by atoms with Crippen LogP contribution in [0.5, 0.6) is 5.75 Å². The fourth-order valence-corrected chi connectivity index (χ4v) is 5.35. The molecule has 1 fully saturated rings. The van der Waals surface area contributed by atoms with Crippen molar-refractivity contribution in [1.29, 1.82) is 0 Å². The lowest BCUT2D eigenvalue weighted by Crippen LogP contribution is -2.63. The topological polar surface area (TPSA) is 204 Å². The molecule has 31 heavy (non-hydrogen) atoms. The average molecular weight is 451 g/mol. The lowest BCUT2D eigenvalue weighted by atomic mass is 9.55. The smallest absolute Gasteiger partial charge is 0.255 e. The number of phenols is 1. The number of nitrogen functional groups attached to an aromatic ring is 1. The molecule has 0 radical (unpaired) electrons. The Balaban J connectivity index is 2.05. The van der Waals surface area contributed by atoms with Crippen molar-refractivity contribution < 1.29 is 39.9 Å². The fraction of sp³-hybridized carbons (Fsp3) is 0.350. The van der Waals surface area contributed by atoms with E-state index in [9.17, 15) is 39.9 Å². The molecular formula is C20H19ClN2O8. The standard InChI is InChI=1S/C20H19ClN2O8/c1-4-9-11(8(25)3-6(21)14(9)22)16(27)13-10(4)15(26)5-2-7(24)12(19(23)30)17(28)20(5,31)18(13)29/h3-5,10,15,25-28,31H,2,22H2,1H3,(H2,23,30)/t4-,5+,10+,15-,20+/m0/s1. The van der Waals surface area contributed by atoms with Crippen molar-refractivity contribution in [3.63, 3.8) is 0 Å². The highest BCUT2D eigenvalue weighted by atomic mass is 35.5. The molecule has 1 amide bonds. The molecule has 0 unspecified atom stereocenters. The zero-order valence-electron chi connectivity index (χ0n) is 16.1. The Hall–Kier alpha value is -3.08. The van der Waals surface area contributed by atoms with Gasteiger partial charge in [-0.1, -0.05) is 18.5 Å². The molecule has 1 aromatic carbocycles. The average Bonchev–Trinajstić information content (AvgIpc) is 2.67. The second kappa shape index (κ2) is 6.46. The van der Waals surface area contributed by atoms with Crippen LogP contribution in [0.15, 0.2) is 23.0 Å². The number of aromatic hydroxyl groups is 1. The van der Waals surface area contributed by atoms with Gasteiger partial charge in [0.05, 0.1) is 22.4 Å². The molecule has 0 heterocycles. The van der Waals surface area contributed by atoms with E-state index in [-0.39, 0.29) is 21.8 Å². The Morgan fingerprint density at radius 2 is 1.87 bits per heavy atom. The number of nitrogens with two attached hydrogens (primary N) is 2. The molecule has 164 valence electrons. The third-order valence-electron chi connectivity index (χ3n) is 6.59. The molecule has 5 atom stereocenters. The van der Waals surface area contributed by atoms with E-state index in [0.29, 0.717) is 0 Å². The van der Waals surface area contributed by atoms with E-state index >= 15 is 0 Å². The molecule has 3 aliphatic rings. The summed E-state index contributed by atoms with van der Waals surface area (Å²) in [5.74, 6) is -9.49. The van der Waals surface area contributed by atoms with E-state index in [4.69, 9.17) is 23.1 Å². The summed E-state index contributed by atoms with van der Waals surface area (Å²) in [6, 6.07) is 1.07. The van der Waals surface area contributed by atoms with Gasteiger partial charge in [0.2, 0.25) is 5.78 Å². The minimum absolute atomic E-state index is 0.00740. The van der Waals surface area contributed by atoms with Gasteiger partial charge in [0, 0.05) is 29.9 Å². The highest BCUT2D eigenvalue weighted by Gasteiger charge is 2.65. The van der Waals surface area contributed by atoms with Gasteiger partial charge in [-0.3, -0.25) is 14.4 Å². The van der Waals surface area contributed by atoms with Crippen LogP contribution in [0, 0.1) is 11.8 Å². The Kier molecular flexibility index (Phi) is 4.41. The quantitative estimate of drug-likeness (QED) is 0.177. The minimum Gasteiger partial charge on any atom is -0.508 e. The number of ketones is 2. The second-order valence-electron chi connectivity index (χ2n) is 8.06. The van der Waals surface area contributed by atoms with Crippen molar-refractivity contribution >= 4 is 40.5 Å². The third kappa shape index (κ3) is 2.43. The maximum atomic E-state index is 13.4. The van der Waals surface area contributed by atoms with Crippen LogP contribution in [0.4, 0.5) is 5.69 Å². The van der Waals surface area contributed by atoms with Gasteiger partial charge in [-0.05, 0) is 11.5 Å². The van der Waals surface area contributed by atoms with Crippen LogP contribution < -0.4 is 11.5 Å². The van der Waals surface area contributed by atoms with Crippen LogP contribution in [0.1, 0.15) is 30.4 Å². The van der Waals surface area contributed by atoms with Crippen LogP contribution in [0.25, 0.3) is 5.76 Å². The third-order valence-corrected chi connectivity index (χ3v) is 6.90. The number of amides is 1. The first-order valence-electron chi connectivity index (χ1n) is 9.31. The number of phenolic OH excluding ortho intramolecular Hbond substituents is 1. The van der Waals surface area contributed by atoms with E-state index in [0.717, 1.165) is 6.07 Å². The monoisotopic (exact) mass is 450 g/mol. The molecule has 4 rings (SSSR count). The predicted molar refractivity (Wildman–Crippen MR) is 107 cm³/mol. The Morgan fingerprint density at radius 1 is 1.26 bits per heavy atom. The number of aliphatic hydroxyl groups excluding tert-OH is 3. The van der Waals surface area contributed by atoms with Gasteiger partial charge in [0.15, 0.2) is 11.4 Å². The number of carbonyl (C=O) groups is 3. The molecule has 1 aromatic rings. The predicted octanol–water partition coefficient (Wildman–Crippen LogP) is 0.191. The highest BCUT2D eigenvalue weighted by Crippen LogP contribution is 2.57. The van der Waals surface area contributed by atoms with Gasteiger partial charge in [-0.15, -0.1) is 0 Å². The summed E-state index contributed by atoms with van der Waals surface area (Å²) in [6.45, 7) is 1.57. The molecule has 1 saturated carbocycles. The molecular weight excluding hydrogens is 432 g/mol. The molecule has 0 bridgehead atoms. The number of benzene rings is 1. The van der Waals surface area contributed by atoms with E-state index in [1.165, 1.54) is 0 Å². The van der Waals surface area contributed by atoms with Crippen molar-refractivity contribution in [1.82, 2.24) is 0 Å². The highest BCUT2D eigenvalue weighted by molar-refractivity contribution is 6.33. The maximum Gasteiger partial charge on any atom is 0.255 e. The van der Waals surface area contributed by atoms with Crippen LogP contribution in [0.3, 0.4) is 0 Å². The molecule has 0 aliphatic heterocycles. The number of carbonyl (C=O) groups excluding carboxylic acids is 3. The number of hydrogen-bond donors (Lipinski definition) is 7. The Labute approximate surface area is 180 Å². The van der Waals surface area contributed by atoms with Crippen molar-refractivity contribution in [2.24, 2.45) is 17.6 Å². The first kappa shape index (κ1) is 21.2. The molecule has 0 spiro atoms. The Bertz CT molecular complexity index is 1160. The first-order chi connectivity index (χ1) is 14.3. The van der Waals surface area contributed by atoms with Crippen molar-refractivity contribution in [3.8, 4) is 5.75 Å². The summed E-state index contributed by atoms with van der Waals surface area (Å²) in [6.07, 6.45) is -2.27. The fourth-order valence-electron chi connectivity index (χ4n) is 5.14. The molecule has 3 aliphatic carbocycles. The van der Waals surface area contributed by atoms with Gasteiger partial charge >= 0.3 is 0 Å². The van der Waals surface area contributed by atoms with E-state index < -0.39 is 81.8 Å². The molecule has 10 nitrogen and oxygen atoms in total. The number of rotatable bonds is 1. The maximum absolute atomic E-state index is 13.4. The number of Topliss-reactive ketones (excluding diaryl/α,β-unsaturated/α-hetero) is 2. The largest absolute Gasteiger partial charge is 0.508 e. The summed E-state index contributed by atoms with van der Waals surface area (Å²) in [5, 5.41) is 54.0. The van der Waals surface area contributed by atoms with Crippen molar-refractivity contribution in [2.45, 2.75) is 31.0 Å². The summed E-state index contributed by atoms with van der Waals surface area (Å²) >= 11 is 6.04. The first-order valence-corrected chi connectivity index (χ1v) is 9.69. The van der Waals surface area contributed by atoms with Gasteiger partial charge in [-0.25, -0.2) is 0 Å². The van der Waals surface area contributed by atoms with Gasteiger partial charge in [-0.2, -0.15) is 0 Å². The zero-order chi connectivity index (χ0) is 23.2. The van der Waals surface area contributed by atoms with Crippen LogP contribution in [-0.4, -0.2) is 54.7 Å². The number of halogens is 1. The number of anilines is 1. The molecule has 9 N–H and O–H groups in total. The second-order valence-corrected chi connectivity index (χ2v) is 8.47. The SMILES string of the molecule is C[C@H]1c2c(N)c(Cl)cc(O)c2C(O)=C2C(=O)[C@]3(O)C(O)=C(C(N)=O)C(=O)C[C@@H]3[C@H](O)[C@@H]21. The lowest BCUT2D eigenvalue weighted by Gasteiger charge is -2.50. The van der Waals surface area contributed by atoms with Crippen molar-refractivity contribution in [3.05, 3.63) is 39.1 Å². The summed E-state index contributed by atoms with van der Waals surface area (Å²) in [5.41, 5.74) is 6.87. The summed E-state index contributed by atoms with van der Waals surface area (Å²) in [7, 11) is 0. The summed E-state index contributed by atoms with van der Waals surface area (Å²) < 4.78 is 0. The van der Waals surface area contributed by atoms with Crippen LogP contribution >= 0.6 is 11.6 Å². The Morgan fingerprint density at radius 3 is 2.45 bits per heavy atom. The van der Waals surface area contributed by atoms with E-state index in [1.807, 2.05) is 0 Å². The molecule has 11 heteroatoms.